The minimum Gasteiger partial charge on any atom is -0.495 e. The van der Waals surface area contributed by atoms with Crippen molar-refractivity contribution in [1.82, 2.24) is 19.7 Å². The molecule has 8 heteroatoms. The summed E-state index contributed by atoms with van der Waals surface area (Å²) in [5, 5.41) is 9.33. The molecule has 0 fully saturated rings. The number of hydrogen-bond donors (Lipinski definition) is 1. The van der Waals surface area contributed by atoms with E-state index in [1.54, 1.807) is 29.3 Å². The molecule has 138 valence electrons. The van der Waals surface area contributed by atoms with Gasteiger partial charge in [-0.3, -0.25) is 0 Å². The fourth-order valence-electron chi connectivity index (χ4n) is 2.86. The van der Waals surface area contributed by atoms with Crippen LogP contribution in [0.4, 0.5) is 5.82 Å². The molecule has 0 aliphatic heterocycles. The zero-order valence-electron chi connectivity index (χ0n) is 15.2. The summed E-state index contributed by atoms with van der Waals surface area (Å²) in [6, 6.07) is 7.59. The Balaban J connectivity index is 1.72. The molecule has 3 aromatic heterocycles. The number of ether oxygens (including phenoxy) is 1. The minimum atomic E-state index is 0.545. The molecule has 4 aromatic rings. The third-order valence-corrected chi connectivity index (χ3v) is 5.80. The van der Waals surface area contributed by atoms with Crippen molar-refractivity contribution >= 4 is 39.0 Å². The first-order valence-electron chi connectivity index (χ1n) is 8.41. The van der Waals surface area contributed by atoms with Crippen molar-refractivity contribution < 1.29 is 4.74 Å². The van der Waals surface area contributed by atoms with E-state index in [9.17, 15) is 0 Å². The van der Waals surface area contributed by atoms with Crippen molar-refractivity contribution in [3.8, 4) is 11.7 Å². The smallest absolute Gasteiger partial charge is 0.253 e. The maximum absolute atomic E-state index is 6.24. The second kappa shape index (κ2) is 7.17. The number of halogens is 1. The quantitative estimate of drug-likeness (QED) is 0.523. The Kier molecular flexibility index (Phi) is 4.72. The van der Waals surface area contributed by atoms with Crippen LogP contribution in [0, 0.1) is 13.8 Å². The van der Waals surface area contributed by atoms with Gasteiger partial charge < -0.3 is 10.1 Å². The monoisotopic (exact) mass is 399 g/mol. The van der Waals surface area contributed by atoms with Gasteiger partial charge in [-0.05, 0) is 43.2 Å². The average Bonchev–Trinajstić information content (AvgIpc) is 3.29. The second-order valence-electron chi connectivity index (χ2n) is 6.11. The molecule has 0 unspecified atom stereocenters. The number of nitrogens with zero attached hydrogens (tertiary/aromatic N) is 4. The van der Waals surface area contributed by atoms with Gasteiger partial charge in [-0.15, -0.1) is 11.3 Å². The lowest BCUT2D eigenvalue weighted by molar-refractivity contribution is 0.415. The Hall–Kier alpha value is -2.64. The lowest BCUT2D eigenvalue weighted by Crippen LogP contribution is -2.07. The molecule has 1 N–H and O–H groups in total. The fraction of sp³-hybridized carbons (Fsp3) is 0.211. The molecule has 0 spiro atoms. The molecule has 4 rings (SSSR count). The Bertz CT molecular complexity index is 1110. The second-order valence-corrected chi connectivity index (χ2v) is 7.72. The van der Waals surface area contributed by atoms with Crippen molar-refractivity contribution in [1.29, 1.82) is 0 Å². The van der Waals surface area contributed by atoms with Crippen LogP contribution in [-0.4, -0.2) is 26.9 Å². The maximum atomic E-state index is 6.24. The predicted molar refractivity (Wildman–Crippen MR) is 109 cm³/mol. The molecule has 0 bridgehead atoms. The molecular formula is C19H18ClN5OS. The van der Waals surface area contributed by atoms with E-state index in [4.69, 9.17) is 21.3 Å². The van der Waals surface area contributed by atoms with E-state index in [1.807, 2.05) is 30.5 Å². The number of aromatic nitrogens is 4. The van der Waals surface area contributed by atoms with E-state index in [2.05, 4.69) is 29.2 Å². The molecule has 6 nitrogen and oxygen atoms in total. The molecule has 0 atom stereocenters. The normalized spacial score (nSPS) is 11.1. The van der Waals surface area contributed by atoms with E-state index in [0.717, 1.165) is 21.6 Å². The van der Waals surface area contributed by atoms with Crippen LogP contribution in [0.1, 0.15) is 16.0 Å². The highest BCUT2D eigenvalue weighted by Crippen LogP contribution is 2.34. The zero-order valence-corrected chi connectivity index (χ0v) is 16.7. The van der Waals surface area contributed by atoms with E-state index in [0.29, 0.717) is 23.3 Å². The Morgan fingerprint density at radius 2 is 2.11 bits per heavy atom. The average molecular weight is 400 g/mol. The standard InChI is InChI=1S/C19H18ClN5OS/c1-11-12(2)27-18-16(11)17(23-19(24-18)25-8-4-7-22-25)21-10-13-5-6-15(26-3)14(20)9-13/h4-9H,10H2,1-3H3,(H,21,23,24). The van der Waals surface area contributed by atoms with Gasteiger partial charge in [-0.25, -0.2) is 4.68 Å². The molecule has 0 radical (unpaired) electrons. The van der Waals surface area contributed by atoms with Crippen LogP contribution in [0.5, 0.6) is 5.75 Å². The van der Waals surface area contributed by atoms with Crippen LogP contribution >= 0.6 is 22.9 Å². The molecule has 0 aliphatic carbocycles. The number of benzene rings is 1. The van der Waals surface area contributed by atoms with Crippen molar-refractivity contribution in [2.45, 2.75) is 20.4 Å². The van der Waals surface area contributed by atoms with Gasteiger partial charge in [0.1, 0.15) is 16.4 Å². The van der Waals surface area contributed by atoms with Gasteiger partial charge in [-0.2, -0.15) is 15.1 Å². The highest BCUT2D eigenvalue weighted by atomic mass is 35.5. The molecule has 0 aliphatic rings. The van der Waals surface area contributed by atoms with Crippen molar-refractivity contribution in [2.75, 3.05) is 12.4 Å². The SMILES string of the molecule is COc1ccc(CNc2nc(-n3cccn3)nc3sc(C)c(C)c23)cc1Cl. The van der Waals surface area contributed by atoms with Crippen LogP contribution in [0.25, 0.3) is 16.2 Å². The first-order chi connectivity index (χ1) is 13.1. The van der Waals surface area contributed by atoms with Gasteiger partial charge >= 0.3 is 0 Å². The number of hydrogen-bond acceptors (Lipinski definition) is 6. The van der Waals surface area contributed by atoms with Gasteiger partial charge in [0, 0.05) is 23.8 Å². The Labute approximate surface area is 165 Å². The van der Waals surface area contributed by atoms with Gasteiger partial charge in [0.15, 0.2) is 0 Å². The summed E-state index contributed by atoms with van der Waals surface area (Å²) in [6.07, 6.45) is 3.55. The molecule has 1 aromatic carbocycles. The van der Waals surface area contributed by atoms with E-state index in [-0.39, 0.29) is 0 Å². The summed E-state index contributed by atoms with van der Waals surface area (Å²) in [5.74, 6) is 2.00. The summed E-state index contributed by atoms with van der Waals surface area (Å²) >= 11 is 7.90. The summed E-state index contributed by atoms with van der Waals surface area (Å²) in [4.78, 5) is 11.6. The lowest BCUT2D eigenvalue weighted by Gasteiger charge is -2.11. The van der Waals surface area contributed by atoms with Crippen LogP contribution in [0.3, 0.4) is 0 Å². The number of aryl methyl sites for hydroxylation is 2. The van der Waals surface area contributed by atoms with Crippen LogP contribution < -0.4 is 10.1 Å². The minimum absolute atomic E-state index is 0.545. The van der Waals surface area contributed by atoms with Gasteiger partial charge in [-0.1, -0.05) is 17.7 Å². The third-order valence-electron chi connectivity index (χ3n) is 4.40. The first-order valence-corrected chi connectivity index (χ1v) is 9.60. The molecule has 3 heterocycles. The van der Waals surface area contributed by atoms with Crippen LogP contribution in [-0.2, 0) is 6.54 Å². The summed E-state index contributed by atoms with van der Waals surface area (Å²) in [7, 11) is 1.61. The van der Waals surface area contributed by atoms with E-state index < -0.39 is 0 Å². The number of rotatable bonds is 5. The predicted octanol–water partition coefficient (Wildman–Crippen LogP) is 4.77. The summed E-state index contributed by atoms with van der Waals surface area (Å²) < 4.78 is 6.88. The lowest BCUT2D eigenvalue weighted by atomic mass is 10.2. The van der Waals surface area contributed by atoms with Gasteiger partial charge in [0.05, 0.1) is 17.5 Å². The van der Waals surface area contributed by atoms with Crippen molar-refractivity contribution in [3.05, 3.63) is 57.7 Å². The Morgan fingerprint density at radius 3 is 2.81 bits per heavy atom. The molecular weight excluding hydrogens is 382 g/mol. The number of methoxy groups -OCH3 is 1. The maximum Gasteiger partial charge on any atom is 0.253 e. The molecule has 0 amide bonds. The highest BCUT2D eigenvalue weighted by Gasteiger charge is 2.15. The third kappa shape index (κ3) is 3.36. The van der Waals surface area contributed by atoms with E-state index in [1.165, 1.54) is 10.4 Å². The van der Waals surface area contributed by atoms with Crippen molar-refractivity contribution in [3.63, 3.8) is 0 Å². The number of anilines is 1. The van der Waals surface area contributed by atoms with Crippen molar-refractivity contribution in [2.24, 2.45) is 0 Å². The summed E-state index contributed by atoms with van der Waals surface area (Å²) in [5.41, 5.74) is 2.23. The van der Waals surface area contributed by atoms with Crippen LogP contribution in [0.2, 0.25) is 5.02 Å². The topological polar surface area (TPSA) is 64.9 Å². The zero-order chi connectivity index (χ0) is 19.0. The first kappa shape index (κ1) is 17.8. The fourth-order valence-corrected chi connectivity index (χ4v) is 4.17. The molecule has 0 saturated heterocycles. The molecule has 27 heavy (non-hydrogen) atoms. The summed E-state index contributed by atoms with van der Waals surface area (Å²) in [6.45, 7) is 4.78. The van der Waals surface area contributed by atoms with Gasteiger partial charge in [0.2, 0.25) is 0 Å². The number of thiophene rings is 1. The Morgan fingerprint density at radius 1 is 1.26 bits per heavy atom. The van der Waals surface area contributed by atoms with E-state index >= 15 is 0 Å². The number of fused-ring (bicyclic) bond motifs is 1. The van der Waals surface area contributed by atoms with Crippen LogP contribution in [0.15, 0.2) is 36.7 Å². The van der Waals surface area contributed by atoms with Gasteiger partial charge in [0.25, 0.3) is 5.95 Å². The largest absolute Gasteiger partial charge is 0.495 e. The highest BCUT2D eigenvalue weighted by molar-refractivity contribution is 7.18. The number of nitrogens with one attached hydrogen (secondary N) is 1. The molecule has 0 saturated carbocycles.